The molecule has 0 aliphatic heterocycles. The number of rotatable bonds is 2. The molecule has 0 spiro atoms. The van der Waals surface area contributed by atoms with E-state index in [1.807, 2.05) is 23.7 Å². The number of aryl methyl sites for hydroxylation is 2. The maximum atomic E-state index is 4.40. The van der Waals surface area contributed by atoms with Gasteiger partial charge in [0, 0.05) is 18.6 Å². The van der Waals surface area contributed by atoms with Crippen molar-refractivity contribution >= 4 is 0 Å². The molecule has 0 unspecified atom stereocenters. The fraction of sp³-hybridized carbons (Fsp3) is 0.273. The van der Waals surface area contributed by atoms with Crippen molar-refractivity contribution in [2.45, 2.75) is 20.4 Å². The quantitative estimate of drug-likeness (QED) is 0.719. The molecule has 3 nitrogen and oxygen atoms in total. The Hall–Kier alpha value is -1.64. The van der Waals surface area contributed by atoms with E-state index in [1.54, 1.807) is 12.4 Å². The Morgan fingerprint density at radius 2 is 1.93 bits per heavy atom. The van der Waals surface area contributed by atoms with Crippen LogP contribution in [-0.4, -0.2) is 14.8 Å². The van der Waals surface area contributed by atoms with Gasteiger partial charge >= 0.3 is 0 Å². The fourth-order valence-electron chi connectivity index (χ4n) is 1.37. The van der Waals surface area contributed by atoms with Gasteiger partial charge in [0.2, 0.25) is 0 Å². The van der Waals surface area contributed by atoms with E-state index >= 15 is 0 Å². The van der Waals surface area contributed by atoms with Crippen LogP contribution in [0.5, 0.6) is 0 Å². The summed E-state index contributed by atoms with van der Waals surface area (Å²) >= 11 is 0. The third-order valence-corrected chi connectivity index (χ3v) is 2.29. The monoisotopic (exact) mass is 187 g/mol. The summed E-state index contributed by atoms with van der Waals surface area (Å²) in [6.45, 7) is 4.92. The van der Waals surface area contributed by atoms with Crippen LogP contribution >= 0.6 is 0 Å². The molecule has 0 aliphatic carbocycles. The molecule has 0 N–H and O–H groups in total. The Labute approximate surface area is 83.4 Å². The highest BCUT2D eigenvalue weighted by Gasteiger charge is 2.00. The highest BCUT2D eigenvalue weighted by Crippen LogP contribution is 2.05. The largest absolute Gasteiger partial charge is 0.268 e. The van der Waals surface area contributed by atoms with E-state index in [-0.39, 0.29) is 0 Å². The van der Waals surface area contributed by atoms with E-state index in [1.165, 1.54) is 11.1 Å². The molecule has 2 aromatic heterocycles. The number of hydrogen-bond acceptors (Lipinski definition) is 2. The van der Waals surface area contributed by atoms with Crippen LogP contribution in [0.25, 0.3) is 0 Å². The molecule has 0 aromatic carbocycles. The molecule has 2 rings (SSSR count). The molecule has 0 radical (unpaired) electrons. The minimum absolute atomic E-state index is 0.817. The van der Waals surface area contributed by atoms with Gasteiger partial charge in [0.15, 0.2) is 0 Å². The molecule has 0 amide bonds. The minimum atomic E-state index is 0.817. The van der Waals surface area contributed by atoms with E-state index in [0.717, 1.165) is 12.2 Å². The Bertz CT molecular complexity index is 398. The molecule has 14 heavy (non-hydrogen) atoms. The van der Waals surface area contributed by atoms with Gasteiger partial charge < -0.3 is 0 Å². The third-order valence-electron chi connectivity index (χ3n) is 2.29. The highest BCUT2D eigenvalue weighted by molar-refractivity contribution is 5.15. The summed E-state index contributed by atoms with van der Waals surface area (Å²) in [5.74, 6) is 0. The van der Waals surface area contributed by atoms with E-state index in [9.17, 15) is 0 Å². The van der Waals surface area contributed by atoms with Gasteiger partial charge in [-0.05, 0) is 37.1 Å². The van der Waals surface area contributed by atoms with Crippen LogP contribution < -0.4 is 0 Å². The van der Waals surface area contributed by atoms with Gasteiger partial charge in [-0.25, -0.2) is 0 Å². The standard InChI is InChI=1S/C11H13N3/c1-9-7-14(13-10(9)2)8-11-3-5-12-6-4-11/h3-7H,8H2,1-2H3. The summed E-state index contributed by atoms with van der Waals surface area (Å²) in [5.41, 5.74) is 3.56. The van der Waals surface area contributed by atoms with Crippen LogP contribution in [0.4, 0.5) is 0 Å². The van der Waals surface area contributed by atoms with Crippen LogP contribution in [-0.2, 0) is 6.54 Å². The van der Waals surface area contributed by atoms with Gasteiger partial charge in [0.1, 0.15) is 0 Å². The molecule has 3 heteroatoms. The first-order valence-corrected chi connectivity index (χ1v) is 4.65. The fourth-order valence-corrected chi connectivity index (χ4v) is 1.37. The zero-order valence-corrected chi connectivity index (χ0v) is 8.44. The molecular weight excluding hydrogens is 174 g/mol. The van der Waals surface area contributed by atoms with Crippen molar-refractivity contribution in [3.05, 3.63) is 47.5 Å². The van der Waals surface area contributed by atoms with Crippen molar-refractivity contribution in [3.63, 3.8) is 0 Å². The van der Waals surface area contributed by atoms with Crippen LogP contribution in [0.1, 0.15) is 16.8 Å². The minimum Gasteiger partial charge on any atom is -0.268 e. The second kappa shape index (κ2) is 3.62. The maximum absolute atomic E-state index is 4.40. The topological polar surface area (TPSA) is 30.7 Å². The third kappa shape index (κ3) is 1.82. The second-order valence-electron chi connectivity index (χ2n) is 3.45. The molecular formula is C11H13N3. The lowest BCUT2D eigenvalue weighted by atomic mass is 10.3. The van der Waals surface area contributed by atoms with Crippen LogP contribution in [0.2, 0.25) is 0 Å². The predicted molar refractivity (Wildman–Crippen MR) is 55.0 cm³/mol. The van der Waals surface area contributed by atoms with Crippen molar-refractivity contribution < 1.29 is 0 Å². The van der Waals surface area contributed by atoms with E-state index in [2.05, 4.69) is 23.2 Å². The molecule has 2 aromatic rings. The molecule has 0 aliphatic rings. The Morgan fingerprint density at radius 3 is 2.50 bits per heavy atom. The summed E-state index contributed by atoms with van der Waals surface area (Å²) in [7, 11) is 0. The maximum Gasteiger partial charge on any atom is 0.0660 e. The van der Waals surface area contributed by atoms with Gasteiger partial charge in [-0.3, -0.25) is 9.67 Å². The highest BCUT2D eigenvalue weighted by atomic mass is 15.3. The normalized spacial score (nSPS) is 10.4. The average molecular weight is 187 g/mol. The summed E-state index contributed by atoms with van der Waals surface area (Å²) in [5, 5.41) is 4.40. The van der Waals surface area contributed by atoms with E-state index in [0.29, 0.717) is 0 Å². The zero-order chi connectivity index (χ0) is 9.97. The lowest BCUT2D eigenvalue weighted by Gasteiger charge is -2.00. The first-order chi connectivity index (χ1) is 6.75. The van der Waals surface area contributed by atoms with Crippen molar-refractivity contribution in [2.75, 3.05) is 0 Å². The second-order valence-corrected chi connectivity index (χ2v) is 3.45. The smallest absolute Gasteiger partial charge is 0.0660 e. The lowest BCUT2D eigenvalue weighted by Crippen LogP contribution is -2.00. The molecule has 0 saturated heterocycles. The van der Waals surface area contributed by atoms with E-state index < -0.39 is 0 Å². The molecule has 72 valence electrons. The first-order valence-electron chi connectivity index (χ1n) is 4.65. The molecule has 0 bridgehead atoms. The summed E-state index contributed by atoms with van der Waals surface area (Å²) in [6.07, 6.45) is 5.67. The lowest BCUT2D eigenvalue weighted by molar-refractivity contribution is 0.678. The first kappa shape index (κ1) is 8.94. The van der Waals surface area contributed by atoms with Crippen molar-refractivity contribution in [3.8, 4) is 0 Å². The summed E-state index contributed by atoms with van der Waals surface area (Å²) in [6, 6.07) is 4.01. The Kier molecular flexibility index (Phi) is 2.31. The summed E-state index contributed by atoms with van der Waals surface area (Å²) < 4.78 is 1.96. The van der Waals surface area contributed by atoms with Gasteiger partial charge in [-0.15, -0.1) is 0 Å². The number of hydrogen-bond donors (Lipinski definition) is 0. The van der Waals surface area contributed by atoms with Crippen molar-refractivity contribution in [1.82, 2.24) is 14.8 Å². The van der Waals surface area contributed by atoms with Crippen LogP contribution in [0.3, 0.4) is 0 Å². The van der Waals surface area contributed by atoms with Crippen molar-refractivity contribution in [1.29, 1.82) is 0 Å². The van der Waals surface area contributed by atoms with Crippen molar-refractivity contribution in [2.24, 2.45) is 0 Å². The average Bonchev–Trinajstić information content (AvgIpc) is 2.47. The zero-order valence-electron chi connectivity index (χ0n) is 8.44. The van der Waals surface area contributed by atoms with Gasteiger partial charge in [0.25, 0.3) is 0 Å². The van der Waals surface area contributed by atoms with Crippen LogP contribution in [0.15, 0.2) is 30.7 Å². The summed E-state index contributed by atoms with van der Waals surface area (Å²) in [4.78, 5) is 3.98. The SMILES string of the molecule is Cc1cn(Cc2ccncc2)nc1C. The van der Waals surface area contributed by atoms with Gasteiger partial charge in [-0.2, -0.15) is 5.10 Å². The number of nitrogens with zero attached hydrogens (tertiary/aromatic N) is 3. The van der Waals surface area contributed by atoms with Gasteiger partial charge in [0.05, 0.1) is 12.2 Å². The van der Waals surface area contributed by atoms with Gasteiger partial charge in [-0.1, -0.05) is 0 Å². The number of aromatic nitrogens is 3. The number of pyridine rings is 1. The predicted octanol–water partition coefficient (Wildman–Crippen LogP) is 1.94. The molecule has 2 heterocycles. The molecule has 0 saturated carbocycles. The van der Waals surface area contributed by atoms with Crippen LogP contribution in [0, 0.1) is 13.8 Å². The molecule has 0 fully saturated rings. The Balaban J connectivity index is 2.19. The van der Waals surface area contributed by atoms with E-state index in [4.69, 9.17) is 0 Å². The Morgan fingerprint density at radius 1 is 1.21 bits per heavy atom. The molecule has 0 atom stereocenters.